The highest BCUT2D eigenvalue weighted by Gasteiger charge is 2.22. The van der Waals surface area contributed by atoms with E-state index in [2.05, 4.69) is 0 Å². The van der Waals surface area contributed by atoms with Crippen molar-refractivity contribution in [3.63, 3.8) is 0 Å². The van der Waals surface area contributed by atoms with E-state index in [1.54, 1.807) is 12.1 Å². The van der Waals surface area contributed by atoms with Gasteiger partial charge in [-0.2, -0.15) is 0 Å². The first-order valence-corrected chi connectivity index (χ1v) is 7.24. The average molecular weight is 305 g/mol. The zero-order chi connectivity index (χ0) is 15.2. The molecule has 0 spiro atoms. The third-order valence-electron chi connectivity index (χ3n) is 2.98. The molecular weight excluding hydrogens is 290 g/mol. The van der Waals surface area contributed by atoms with Crippen LogP contribution >= 0.6 is 11.8 Å². The maximum Gasteiger partial charge on any atom is 0.269 e. The van der Waals surface area contributed by atoms with Gasteiger partial charge in [-0.3, -0.25) is 10.1 Å². The van der Waals surface area contributed by atoms with Crippen molar-refractivity contribution in [2.24, 2.45) is 0 Å². The zero-order valence-electron chi connectivity index (χ0n) is 11.1. The van der Waals surface area contributed by atoms with Gasteiger partial charge in [0.15, 0.2) is 0 Å². The maximum atomic E-state index is 10.6. The van der Waals surface area contributed by atoms with Crippen LogP contribution in [0.2, 0.25) is 0 Å². The number of benzene rings is 2. The summed E-state index contributed by atoms with van der Waals surface area (Å²) in [5.41, 5.74) is 0.917. The van der Waals surface area contributed by atoms with Gasteiger partial charge in [0, 0.05) is 17.0 Å². The zero-order valence-corrected chi connectivity index (χ0v) is 11.9. The molecule has 5 nitrogen and oxygen atoms in total. The minimum atomic E-state index is -0.910. The molecule has 0 fully saturated rings. The van der Waals surface area contributed by atoms with Gasteiger partial charge in [0.2, 0.25) is 0 Å². The molecule has 0 bridgehead atoms. The fraction of sp³-hybridized carbons (Fsp3) is 0.200. The molecule has 21 heavy (non-hydrogen) atoms. The van der Waals surface area contributed by atoms with E-state index in [1.165, 1.54) is 23.9 Å². The van der Waals surface area contributed by atoms with E-state index in [-0.39, 0.29) is 17.5 Å². The Hall–Kier alpha value is -1.89. The summed E-state index contributed by atoms with van der Waals surface area (Å²) >= 11 is 1.36. The van der Waals surface area contributed by atoms with Gasteiger partial charge in [-0.05, 0) is 17.7 Å². The SMILES string of the molecule is O=[N+]([O-])c1ccc(S[C@H](c2ccccc2)[C@@H](O)CO)cc1. The van der Waals surface area contributed by atoms with Crippen molar-refractivity contribution in [1.29, 1.82) is 0 Å². The summed E-state index contributed by atoms with van der Waals surface area (Å²) in [4.78, 5) is 11.0. The highest BCUT2D eigenvalue weighted by Crippen LogP contribution is 2.38. The van der Waals surface area contributed by atoms with Gasteiger partial charge in [0.25, 0.3) is 5.69 Å². The largest absolute Gasteiger partial charge is 0.394 e. The lowest BCUT2D eigenvalue weighted by Gasteiger charge is -2.21. The molecule has 0 saturated heterocycles. The fourth-order valence-electron chi connectivity index (χ4n) is 1.90. The number of nitro benzene ring substituents is 1. The minimum absolute atomic E-state index is 0.0262. The van der Waals surface area contributed by atoms with Crippen LogP contribution in [-0.2, 0) is 0 Å². The Balaban J connectivity index is 2.21. The second-order valence-corrected chi connectivity index (χ2v) is 5.67. The third-order valence-corrected chi connectivity index (χ3v) is 4.36. The lowest BCUT2D eigenvalue weighted by atomic mass is 10.1. The molecule has 0 aliphatic heterocycles. The van der Waals surface area contributed by atoms with Crippen molar-refractivity contribution < 1.29 is 15.1 Å². The summed E-state index contributed by atoms with van der Waals surface area (Å²) in [6.45, 7) is -0.348. The number of rotatable bonds is 6. The van der Waals surface area contributed by atoms with E-state index in [0.717, 1.165) is 10.5 Å². The van der Waals surface area contributed by atoms with Gasteiger partial charge in [0.05, 0.1) is 22.9 Å². The van der Waals surface area contributed by atoms with Crippen LogP contribution in [0.25, 0.3) is 0 Å². The van der Waals surface area contributed by atoms with Crippen LogP contribution in [0.3, 0.4) is 0 Å². The van der Waals surface area contributed by atoms with Crippen LogP contribution < -0.4 is 0 Å². The number of nitrogens with zero attached hydrogens (tertiary/aromatic N) is 1. The third kappa shape index (κ3) is 4.04. The molecule has 0 aliphatic rings. The molecule has 110 valence electrons. The first-order valence-electron chi connectivity index (χ1n) is 6.37. The van der Waals surface area contributed by atoms with Gasteiger partial charge in [0.1, 0.15) is 0 Å². The molecule has 0 radical (unpaired) electrons. The van der Waals surface area contributed by atoms with Crippen molar-refractivity contribution in [1.82, 2.24) is 0 Å². The van der Waals surface area contributed by atoms with Crippen molar-refractivity contribution in [3.8, 4) is 0 Å². The van der Waals surface area contributed by atoms with Crippen molar-refractivity contribution >= 4 is 17.4 Å². The summed E-state index contributed by atoms with van der Waals surface area (Å²) in [7, 11) is 0. The summed E-state index contributed by atoms with van der Waals surface area (Å²) in [6, 6.07) is 15.5. The smallest absolute Gasteiger partial charge is 0.269 e. The van der Waals surface area contributed by atoms with E-state index < -0.39 is 11.0 Å². The predicted molar refractivity (Wildman–Crippen MR) is 81.2 cm³/mol. The van der Waals surface area contributed by atoms with Crippen LogP contribution in [0.4, 0.5) is 5.69 Å². The van der Waals surface area contributed by atoms with Crippen LogP contribution in [-0.4, -0.2) is 27.8 Å². The lowest BCUT2D eigenvalue weighted by Crippen LogP contribution is -2.20. The molecule has 6 heteroatoms. The first-order chi connectivity index (χ1) is 10.1. The molecule has 2 atom stereocenters. The molecular formula is C15H15NO4S. The normalized spacial score (nSPS) is 13.6. The Morgan fingerprint density at radius 2 is 1.71 bits per heavy atom. The number of hydrogen-bond donors (Lipinski definition) is 2. The van der Waals surface area contributed by atoms with Crippen molar-refractivity contribution in [2.45, 2.75) is 16.2 Å². The second-order valence-electron chi connectivity index (χ2n) is 4.45. The quantitative estimate of drug-likeness (QED) is 0.487. The van der Waals surface area contributed by atoms with Gasteiger partial charge in [-0.15, -0.1) is 11.8 Å². The molecule has 2 aromatic carbocycles. The standard InChI is InChI=1S/C15H15NO4S/c17-10-14(18)15(11-4-2-1-3-5-11)21-13-8-6-12(7-9-13)16(19)20/h1-9,14-15,17-18H,10H2/t14-,15+/m0/s1. The van der Waals surface area contributed by atoms with Gasteiger partial charge >= 0.3 is 0 Å². The van der Waals surface area contributed by atoms with Crippen LogP contribution in [0.15, 0.2) is 59.5 Å². The minimum Gasteiger partial charge on any atom is -0.394 e. The van der Waals surface area contributed by atoms with Crippen LogP contribution in [0.5, 0.6) is 0 Å². The Bertz CT molecular complexity index is 588. The number of hydrogen-bond acceptors (Lipinski definition) is 5. The number of non-ortho nitro benzene ring substituents is 1. The maximum absolute atomic E-state index is 10.6. The average Bonchev–Trinajstić information content (AvgIpc) is 2.53. The number of thioether (sulfide) groups is 1. The molecule has 2 N–H and O–H groups in total. The monoisotopic (exact) mass is 305 g/mol. The molecule has 0 aliphatic carbocycles. The highest BCUT2D eigenvalue weighted by molar-refractivity contribution is 7.99. The summed E-state index contributed by atoms with van der Waals surface area (Å²) in [5, 5.41) is 29.5. The van der Waals surface area contributed by atoms with Crippen molar-refractivity contribution in [2.75, 3.05) is 6.61 Å². The Kier molecular flexibility index (Phi) is 5.32. The van der Waals surface area contributed by atoms with Gasteiger partial charge in [-0.1, -0.05) is 30.3 Å². The van der Waals surface area contributed by atoms with Gasteiger partial charge in [-0.25, -0.2) is 0 Å². The summed E-state index contributed by atoms with van der Waals surface area (Å²) in [5.74, 6) is 0. The van der Waals surface area contributed by atoms with Gasteiger partial charge < -0.3 is 10.2 Å². The Morgan fingerprint density at radius 3 is 2.24 bits per heavy atom. The van der Waals surface area contributed by atoms with E-state index in [1.807, 2.05) is 30.3 Å². The second kappa shape index (κ2) is 7.21. The molecule has 0 saturated carbocycles. The molecule has 0 amide bonds. The van der Waals surface area contributed by atoms with E-state index in [4.69, 9.17) is 0 Å². The van der Waals surface area contributed by atoms with E-state index >= 15 is 0 Å². The molecule has 0 aromatic heterocycles. The molecule has 2 rings (SSSR count). The van der Waals surface area contributed by atoms with Crippen LogP contribution in [0.1, 0.15) is 10.8 Å². The summed E-state index contributed by atoms with van der Waals surface area (Å²) in [6.07, 6.45) is -0.910. The molecule has 0 heterocycles. The number of aliphatic hydroxyl groups excluding tert-OH is 2. The van der Waals surface area contributed by atoms with E-state index in [0.29, 0.717) is 0 Å². The first kappa shape index (κ1) is 15.5. The summed E-state index contributed by atoms with van der Waals surface area (Å²) < 4.78 is 0. The highest BCUT2D eigenvalue weighted by atomic mass is 32.2. The lowest BCUT2D eigenvalue weighted by molar-refractivity contribution is -0.384. The number of aliphatic hydroxyl groups is 2. The van der Waals surface area contributed by atoms with Crippen molar-refractivity contribution in [3.05, 3.63) is 70.3 Å². The Morgan fingerprint density at radius 1 is 1.10 bits per heavy atom. The predicted octanol–water partition coefficient (Wildman–Crippen LogP) is 2.78. The van der Waals surface area contributed by atoms with Crippen LogP contribution in [0, 0.1) is 10.1 Å². The fourth-order valence-corrected chi connectivity index (χ4v) is 3.02. The molecule has 2 aromatic rings. The number of nitro groups is 1. The van der Waals surface area contributed by atoms with E-state index in [9.17, 15) is 20.3 Å². The topological polar surface area (TPSA) is 83.6 Å². The molecule has 0 unspecified atom stereocenters. The Labute approximate surface area is 126 Å².